The molecule has 0 saturated heterocycles. The van der Waals surface area contributed by atoms with Crippen molar-refractivity contribution in [1.29, 1.82) is 0 Å². The first-order valence-electron chi connectivity index (χ1n) is 5.90. The fourth-order valence-electron chi connectivity index (χ4n) is 2.53. The number of hydrogen-bond acceptors (Lipinski definition) is 2. The third-order valence-corrected chi connectivity index (χ3v) is 3.63. The summed E-state index contributed by atoms with van der Waals surface area (Å²) in [6.07, 6.45) is 0. The molecular formula is C14H9N3OS. The van der Waals surface area contributed by atoms with Gasteiger partial charge in [0.05, 0.1) is 28.0 Å². The van der Waals surface area contributed by atoms with Crippen molar-refractivity contribution in [2.24, 2.45) is 0 Å². The number of nitrogens with zero attached hydrogens (tertiary/aromatic N) is 1. The Bertz CT molecular complexity index is 891. The smallest absolute Gasteiger partial charge is 0.257 e. The highest BCUT2D eigenvalue weighted by Crippen LogP contribution is 2.31. The SMILES string of the molecule is O=C1Nc2ccccc2-n2c(=S)[nH]c3cccc1c32. The normalized spacial score (nSPS) is 12.9. The minimum atomic E-state index is -0.113. The Morgan fingerprint density at radius 1 is 1.05 bits per heavy atom. The second kappa shape index (κ2) is 3.55. The van der Waals surface area contributed by atoms with Crippen LogP contribution in [0.1, 0.15) is 10.4 Å². The Morgan fingerprint density at radius 3 is 2.79 bits per heavy atom. The second-order valence-electron chi connectivity index (χ2n) is 4.44. The minimum absolute atomic E-state index is 0.113. The minimum Gasteiger partial charge on any atom is -0.330 e. The van der Waals surface area contributed by atoms with Gasteiger partial charge in [-0.1, -0.05) is 18.2 Å². The summed E-state index contributed by atoms with van der Waals surface area (Å²) in [5, 5.41) is 2.92. The van der Waals surface area contributed by atoms with Crippen molar-refractivity contribution in [1.82, 2.24) is 9.55 Å². The molecule has 4 nitrogen and oxygen atoms in total. The van der Waals surface area contributed by atoms with E-state index >= 15 is 0 Å². The summed E-state index contributed by atoms with van der Waals surface area (Å²) in [4.78, 5) is 15.4. The lowest BCUT2D eigenvalue weighted by Gasteiger charge is -2.07. The number of H-pyrrole nitrogens is 1. The van der Waals surface area contributed by atoms with Gasteiger partial charge in [0.25, 0.3) is 5.91 Å². The fourth-order valence-corrected chi connectivity index (χ4v) is 2.83. The first kappa shape index (κ1) is 10.5. The van der Waals surface area contributed by atoms with Crippen LogP contribution in [-0.2, 0) is 0 Å². The summed E-state index contributed by atoms with van der Waals surface area (Å²) in [7, 11) is 0. The maximum absolute atomic E-state index is 12.3. The van der Waals surface area contributed by atoms with E-state index < -0.39 is 0 Å². The Balaban J connectivity index is 2.28. The van der Waals surface area contributed by atoms with Crippen LogP contribution in [0.15, 0.2) is 42.5 Å². The van der Waals surface area contributed by atoms with E-state index in [9.17, 15) is 4.79 Å². The van der Waals surface area contributed by atoms with Crippen LogP contribution in [0.4, 0.5) is 5.69 Å². The topological polar surface area (TPSA) is 49.8 Å². The van der Waals surface area contributed by atoms with Crippen molar-refractivity contribution in [3.05, 3.63) is 52.8 Å². The molecule has 2 heterocycles. The number of nitrogens with one attached hydrogen (secondary N) is 2. The zero-order chi connectivity index (χ0) is 13.0. The largest absolute Gasteiger partial charge is 0.330 e. The first-order valence-corrected chi connectivity index (χ1v) is 6.31. The summed E-state index contributed by atoms with van der Waals surface area (Å²) in [6, 6.07) is 13.2. The molecule has 1 aliphatic heterocycles. The molecule has 1 aromatic heterocycles. The van der Waals surface area contributed by atoms with E-state index in [-0.39, 0.29) is 5.91 Å². The van der Waals surface area contributed by atoms with Gasteiger partial charge >= 0.3 is 0 Å². The number of benzene rings is 2. The number of carbonyl (C=O) groups is 1. The Labute approximate surface area is 113 Å². The molecule has 1 amide bonds. The van der Waals surface area contributed by atoms with Crippen LogP contribution < -0.4 is 5.32 Å². The summed E-state index contributed by atoms with van der Waals surface area (Å²) >= 11 is 5.39. The number of aromatic amines is 1. The number of aromatic nitrogens is 2. The van der Waals surface area contributed by atoms with Crippen molar-refractivity contribution in [2.45, 2.75) is 0 Å². The zero-order valence-corrected chi connectivity index (χ0v) is 10.6. The molecule has 0 bridgehead atoms. The number of amides is 1. The number of carbonyl (C=O) groups excluding carboxylic acids is 1. The van der Waals surface area contributed by atoms with Crippen molar-refractivity contribution in [3.8, 4) is 5.69 Å². The molecular weight excluding hydrogens is 258 g/mol. The standard InChI is InChI=1S/C14H9N3OS/c18-13-8-4-3-6-10-12(8)17(14(19)16-10)11-7-2-1-5-9(11)15-13/h1-7H,(H,15,18)(H,16,19). The van der Waals surface area contributed by atoms with Gasteiger partial charge in [-0.05, 0) is 36.5 Å². The lowest BCUT2D eigenvalue weighted by atomic mass is 10.1. The van der Waals surface area contributed by atoms with Gasteiger partial charge in [-0.2, -0.15) is 0 Å². The van der Waals surface area contributed by atoms with Crippen LogP contribution in [0.2, 0.25) is 0 Å². The Morgan fingerprint density at radius 2 is 1.89 bits per heavy atom. The molecule has 19 heavy (non-hydrogen) atoms. The first-order chi connectivity index (χ1) is 9.25. The molecule has 5 heteroatoms. The molecule has 92 valence electrons. The van der Waals surface area contributed by atoms with Crippen LogP contribution in [0.5, 0.6) is 0 Å². The van der Waals surface area contributed by atoms with E-state index in [4.69, 9.17) is 12.2 Å². The molecule has 2 N–H and O–H groups in total. The number of para-hydroxylation sites is 3. The van der Waals surface area contributed by atoms with Crippen molar-refractivity contribution in [3.63, 3.8) is 0 Å². The highest BCUT2D eigenvalue weighted by Gasteiger charge is 2.21. The fraction of sp³-hybridized carbons (Fsp3) is 0. The Hall–Kier alpha value is -2.40. The van der Waals surface area contributed by atoms with Gasteiger partial charge in [0.2, 0.25) is 0 Å². The number of imidazole rings is 1. The number of rotatable bonds is 0. The average Bonchev–Trinajstić information content (AvgIpc) is 2.67. The van der Waals surface area contributed by atoms with E-state index in [1.165, 1.54) is 0 Å². The van der Waals surface area contributed by atoms with E-state index in [0.29, 0.717) is 10.3 Å². The van der Waals surface area contributed by atoms with Gasteiger partial charge < -0.3 is 10.3 Å². The zero-order valence-electron chi connectivity index (χ0n) is 9.81. The number of anilines is 1. The molecule has 1 aliphatic rings. The van der Waals surface area contributed by atoms with Crippen LogP contribution in [0, 0.1) is 4.77 Å². The molecule has 0 atom stereocenters. The van der Waals surface area contributed by atoms with Crippen LogP contribution in [-0.4, -0.2) is 15.5 Å². The van der Waals surface area contributed by atoms with E-state index in [0.717, 1.165) is 22.4 Å². The predicted octanol–water partition coefficient (Wildman–Crippen LogP) is 3.25. The molecule has 0 aliphatic carbocycles. The predicted molar refractivity (Wildman–Crippen MR) is 76.4 cm³/mol. The lowest BCUT2D eigenvalue weighted by Crippen LogP contribution is -2.10. The second-order valence-corrected chi connectivity index (χ2v) is 4.83. The monoisotopic (exact) mass is 267 g/mol. The van der Waals surface area contributed by atoms with E-state index in [1.807, 2.05) is 47.0 Å². The number of fused-ring (bicyclic) bond motifs is 2. The molecule has 0 saturated carbocycles. The summed E-state index contributed by atoms with van der Waals surface area (Å²) < 4.78 is 2.50. The molecule has 4 rings (SSSR count). The Kier molecular flexibility index (Phi) is 1.97. The van der Waals surface area contributed by atoms with Gasteiger partial charge in [0.15, 0.2) is 4.77 Å². The van der Waals surface area contributed by atoms with Crippen molar-refractivity contribution < 1.29 is 4.79 Å². The quantitative estimate of drug-likeness (QED) is 0.614. The lowest BCUT2D eigenvalue weighted by molar-refractivity contribution is 0.102. The molecule has 0 radical (unpaired) electrons. The number of hydrogen-bond donors (Lipinski definition) is 2. The molecule has 0 fully saturated rings. The van der Waals surface area contributed by atoms with Gasteiger partial charge in [0.1, 0.15) is 0 Å². The van der Waals surface area contributed by atoms with Crippen LogP contribution in [0.3, 0.4) is 0 Å². The maximum atomic E-state index is 12.3. The summed E-state index contributed by atoms with van der Waals surface area (Å²) in [5.74, 6) is -0.113. The molecule has 2 aromatic carbocycles. The highest BCUT2D eigenvalue weighted by atomic mass is 32.1. The van der Waals surface area contributed by atoms with Gasteiger partial charge in [-0.25, -0.2) is 0 Å². The highest BCUT2D eigenvalue weighted by molar-refractivity contribution is 7.71. The summed E-state index contributed by atoms with van der Waals surface area (Å²) in [5.41, 5.74) is 3.98. The third-order valence-electron chi connectivity index (χ3n) is 3.34. The van der Waals surface area contributed by atoms with E-state index in [1.54, 1.807) is 0 Å². The van der Waals surface area contributed by atoms with E-state index in [2.05, 4.69) is 10.3 Å². The molecule has 3 aromatic rings. The maximum Gasteiger partial charge on any atom is 0.257 e. The van der Waals surface area contributed by atoms with Gasteiger partial charge in [-0.15, -0.1) is 0 Å². The van der Waals surface area contributed by atoms with Crippen LogP contribution >= 0.6 is 12.2 Å². The molecule has 0 spiro atoms. The third kappa shape index (κ3) is 1.33. The summed E-state index contributed by atoms with van der Waals surface area (Å²) in [6.45, 7) is 0. The van der Waals surface area contributed by atoms with Crippen molar-refractivity contribution in [2.75, 3.05) is 5.32 Å². The molecule has 0 unspecified atom stereocenters. The van der Waals surface area contributed by atoms with Crippen molar-refractivity contribution >= 4 is 34.8 Å². The average molecular weight is 267 g/mol. The van der Waals surface area contributed by atoms with Crippen LogP contribution in [0.25, 0.3) is 16.7 Å². The van der Waals surface area contributed by atoms with Gasteiger partial charge in [0, 0.05) is 0 Å². The van der Waals surface area contributed by atoms with Gasteiger partial charge in [-0.3, -0.25) is 9.36 Å².